The Kier molecular flexibility index (Phi) is 1.65. The van der Waals surface area contributed by atoms with Gasteiger partial charge in [-0.2, -0.15) is 0 Å². The summed E-state index contributed by atoms with van der Waals surface area (Å²) in [6.45, 7) is 0.640. The third-order valence-electron chi connectivity index (χ3n) is 1.08. The van der Waals surface area contributed by atoms with Gasteiger partial charge in [0, 0.05) is 6.54 Å². The Morgan fingerprint density at radius 1 is 1.25 bits per heavy atom. The van der Waals surface area contributed by atoms with Gasteiger partial charge in [0.1, 0.15) is 0 Å². The van der Waals surface area contributed by atoms with E-state index in [1.807, 2.05) is 30.3 Å². The van der Waals surface area contributed by atoms with Gasteiger partial charge in [-0.3, -0.25) is 0 Å². The molecule has 0 bridgehead atoms. The van der Waals surface area contributed by atoms with Gasteiger partial charge in [-0.1, -0.05) is 30.3 Å². The summed E-state index contributed by atoms with van der Waals surface area (Å²) in [5.41, 5.74) is 6.54. The van der Waals surface area contributed by atoms with E-state index in [0.29, 0.717) is 6.54 Å². The molecule has 1 aromatic carbocycles. The molecule has 0 amide bonds. The number of rotatable bonds is 1. The van der Waals surface area contributed by atoms with Gasteiger partial charge in [-0.05, 0) is 5.56 Å². The first-order valence-electron chi connectivity index (χ1n) is 2.67. The molecule has 8 heavy (non-hydrogen) atoms. The van der Waals surface area contributed by atoms with E-state index in [2.05, 4.69) is 0 Å². The molecule has 0 aromatic heterocycles. The Labute approximate surface area is 50.6 Å². The highest BCUT2D eigenvalue weighted by molar-refractivity contribution is 5.13. The molecule has 0 unspecified atom stereocenters. The molecule has 0 heterocycles. The number of benzene rings is 1. The average Bonchev–Trinajstić information content (AvgIpc) is 1.90. The predicted molar refractivity (Wildman–Crippen MR) is 35.4 cm³/mol. The smallest absolute Gasteiger partial charge is 0.326 e. The molecule has 0 aliphatic heterocycles. The van der Waals surface area contributed by atoms with Crippen LogP contribution in [0, 0.1) is 0 Å². The van der Waals surface area contributed by atoms with Crippen LogP contribution in [0.3, 0.4) is 0 Å². The number of nitrogens with two attached hydrogens (primary N) is 1. The van der Waals surface area contributed by atoms with Crippen LogP contribution < -0.4 is 5.73 Å². The maximum atomic E-state index is 5.35. The molecule has 0 saturated carbocycles. The van der Waals surface area contributed by atoms with Crippen molar-refractivity contribution in [2.45, 2.75) is 6.54 Å². The second-order valence-corrected chi connectivity index (χ2v) is 1.69. The lowest BCUT2D eigenvalue weighted by molar-refractivity contribution is 1.07. The molecular formula is C7H10N+. The third kappa shape index (κ3) is 1.07. The molecular weight excluding hydrogens is 98.1 g/mol. The van der Waals surface area contributed by atoms with E-state index >= 15 is 0 Å². The van der Waals surface area contributed by atoms with Crippen LogP contribution in [0.2, 0.25) is 0 Å². The molecule has 1 aromatic rings. The fraction of sp³-hybridized carbons (Fsp3) is 0.143. The SMILES string of the molecule is NCc1ccccc1.[H+]. The first-order valence-corrected chi connectivity index (χ1v) is 2.67. The zero-order valence-electron chi connectivity index (χ0n) is 5.67. The molecule has 0 aliphatic rings. The van der Waals surface area contributed by atoms with Crippen molar-refractivity contribution in [3.05, 3.63) is 35.9 Å². The van der Waals surface area contributed by atoms with Gasteiger partial charge < -0.3 is 5.73 Å². The van der Waals surface area contributed by atoms with Gasteiger partial charge in [0.05, 0.1) is 0 Å². The van der Waals surface area contributed by atoms with Crippen LogP contribution in [0.25, 0.3) is 0 Å². The molecule has 0 fully saturated rings. The second-order valence-electron chi connectivity index (χ2n) is 1.69. The van der Waals surface area contributed by atoms with Gasteiger partial charge in [-0.25, -0.2) is 0 Å². The second kappa shape index (κ2) is 2.48. The van der Waals surface area contributed by atoms with E-state index in [1.54, 1.807) is 0 Å². The highest BCUT2D eigenvalue weighted by Gasteiger charge is 1.80. The van der Waals surface area contributed by atoms with Gasteiger partial charge in [0.2, 0.25) is 0 Å². The first-order chi connectivity index (χ1) is 3.93. The van der Waals surface area contributed by atoms with Crippen molar-refractivity contribution in [3.63, 3.8) is 0 Å². The van der Waals surface area contributed by atoms with Crippen LogP contribution in [0.4, 0.5) is 0 Å². The molecule has 0 atom stereocenters. The minimum atomic E-state index is 0. The van der Waals surface area contributed by atoms with Crippen LogP contribution in [0.15, 0.2) is 30.3 Å². The van der Waals surface area contributed by atoms with Crippen LogP contribution in [-0.4, -0.2) is 0 Å². The van der Waals surface area contributed by atoms with Gasteiger partial charge in [0.25, 0.3) is 0 Å². The van der Waals surface area contributed by atoms with Gasteiger partial charge in [-0.15, -0.1) is 0 Å². The van der Waals surface area contributed by atoms with Crippen LogP contribution >= 0.6 is 0 Å². The van der Waals surface area contributed by atoms with E-state index < -0.39 is 0 Å². The summed E-state index contributed by atoms with van der Waals surface area (Å²) in [4.78, 5) is 0. The van der Waals surface area contributed by atoms with Gasteiger partial charge >= 0.3 is 1.43 Å². The molecule has 0 aliphatic carbocycles. The maximum Gasteiger partial charge on any atom is 1.00 e. The number of hydrogen-bond donors (Lipinski definition) is 1. The Hall–Kier alpha value is -0.820. The van der Waals surface area contributed by atoms with Crippen molar-refractivity contribution >= 4 is 0 Å². The van der Waals surface area contributed by atoms with Crippen molar-refractivity contribution in [1.82, 2.24) is 0 Å². The zero-order valence-corrected chi connectivity index (χ0v) is 4.67. The van der Waals surface area contributed by atoms with Gasteiger partial charge in [0.15, 0.2) is 0 Å². The van der Waals surface area contributed by atoms with Crippen molar-refractivity contribution < 1.29 is 1.43 Å². The molecule has 1 rings (SSSR count). The fourth-order valence-electron chi connectivity index (χ4n) is 0.614. The van der Waals surface area contributed by atoms with Crippen LogP contribution in [0.1, 0.15) is 6.99 Å². The van der Waals surface area contributed by atoms with Crippen LogP contribution in [0.5, 0.6) is 0 Å². The lowest BCUT2D eigenvalue weighted by Crippen LogP contribution is -1.94. The monoisotopic (exact) mass is 108 g/mol. The molecule has 1 heteroatoms. The Balaban J connectivity index is 0.000000640. The van der Waals surface area contributed by atoms with E-state index in [-0.39, 0.29) is 1.43 Å². The van der Waals surface area contributed by atoms with Crippen molar-refractivity contribution in [3.8, 4) is 0 Å². The highest BCUT2D eigenvalue weighted by atomic mass is 14.5. The standard InChI is InChI=1S/C7H9N/c8-6-7-4-2-1-3-5-7/h1-5H,6,8H2/p+1. The molecule has 2 N–H and O–H groups in total. The lowest BCUT2D eigenvalue weighted by atomic mass is 10.2. The maximum absolute atomic E-state index is 5.35. The lowest BCUT2D eigenvalue weighted by Gasteiger charge is -1.90. The Morgan fingerprint density at radius 2 is 1.88 bits per heavy atom. The molecule has 0 saturated heterocycles. The quantitative estimate of drug-likeness (QED) is 0.575. The summed E-state index contributed by atoms with van der Waals surface area (Å²) in [6, 6.07) is 9.99. The highest BCUT2D eigenvalue weighted by Crippen LogP contribution is 1.94. The zero-order chi connectivity index (χ0) is 5.82. The molecule has 0 spiro atoms. The summed E-state index contributed by atoms with van der Waals surface area (Å²) in [5, 5.41) is 0. The predicted octanol–water partition coefficient (Wildman–Crippen LogP) is 1.26. The minimum absolute atomic E-state index is 0. The van der Waals surface area contributed by atoms with E-state index in [1.165, 1.54) is 5.56 Å². The Morgan fingerprint density at radius 3 is 2.25 bits per heavy atom. The van der Waals surface area contributed by atoms with E-state index in [9.17, 15) is 0 Å². The first kappa shape index (κ1) is 5.32. The summed E-state index contributed by atoms with van der Waals surface area (Å²) < 4.78 is 0. The number of hydrogen-bond acceptors (Lipinski definition) is 1. The largest absolute Gasteiger partial charge is 1.00 e. The molecule has 0 radical (unpaired) electrons. The Bertz CT molecular complexity index is 150. The van der Waals surface area contributed by atoms with Crippen molar-refractivity contribution in [2.24, 2.45) is 5.73 Å². The van der Waals surface area contributed by atoms with E-state index in [4.69, 9.17) is 5.73 Å². The third-order valence-corrected chi connectivity index (χ3v) is 1.08. The van der Waals surface area contributed by atoms with Crippen molar-refractivity contribution in [1.29, 1.82) is 0 Å². The fourth-order valence-corrected chi connectivity index (χ4v) is 0.614. The normalized spacial score (nSPS) is 9.12. The molecule has 1 nitrogen and oxygen atoms in total. The minimum Gasteiger partial charge on any atom is -0.326 e. The summed E-state index contributed by atoms with van der Waals surface area (Å²) >= 11 is 0. The summed E-state index contributed by atoms with van der Waals surface area (Å²) in [6.07, 6.45) is 0. The average molecular weight is 108 g/mol. The topological polar surface area (TPSA) is 26.0 Å². The van der Waals surface area contributed by atoms with Crippen LogP contribution in [-0.2, 0) is 6.54 Å². The molecule has 42 valence electrons. The summed E-state index contributed by atoms with van der Waals surface area (Å²) in [7, 11) is 0. The van der Waals surface area contributed by atoms with Crippen molar-refractivity contribution in [2.75, 3.05) is 0 Å². The summed E-state index contributed by atoms with van der Waals surface area (Å²) in [5.74, 6) is 0. The van der Waals surface area contributed by atoms with E-state index in [0.717, 1.165) is 0 Å².